The third-order valence-electron chi connectivity index (χ3n) is 5.53. The van der Waals surface area contributed by atoms with Gasteiger partial charge in [-0.25, -0.2) is 0 Å². The lowest BCUT2D eigenvalue weighted by molar-refractivity contribution is -0.153. The third kappa shape index (κ3) is 2.63. The maximum Gasteiger partial charge on any atom is 0.315 e. The first-order valence-electron chi connectivity index (χ1n) is 8.55. The summed E-state index contributed by atoms with van der Waals surface area (Å²) in [7, 11) is 4.45. The number of rotatable bonds is 6. The first-order valence-corrected chi connectivity index (χ1v) is 8.55. The van der Waals surface area contributed by atoms with Crippen molar-refractivity contribution in [2.45, 2.75) is 18.9 Å². The lowest BCUT2D eigenvalue weighted by atomic mass is 9.87. The molecule has 26 heavy (non-hydrogen) atoms. The number of ether oxygens (including phenoxy) is 3. The van der Waals surface area contributed by atoms with Crippen LogP contribution in [0.3, 0.4) is 0 Å². The van der Waals surface area contributed by atoms with Gasteiger partial charge in [-0.3, -0.25) is 4.79 Å². The van der Waals surface area contributed by atoms with E-state index in [1.807, 2.05) is 37.3 Å². The molecule has 1 saturated carbocycles. The summed E-state index contributed by atoms with van der Waals surface area (Å²) in [6.45, 7) is 1.97. The second kappa shape index (κ2) is 7.00. The molecule has 5 heteroatoms. The largest absolute Gasteiger partial charge is 0.493 e. The second-order valence-corrected chi connectivity index (χ2v) is 6.62. The first-order chi connectivity index (χ1) is 12.5. The molecule has 0 bridgehead atoms. The minimum absolute atomic E-state index is 0.0551. The van der Waals surface area contributed by atoms with Gasteiger partial charge in [0.15, 0.2) is 11.5 Å². The van der Waals surface area contributed by atoms with Gasteiger partial charge in [0.2, 0.25) is 0 Å². The zero-order chi connectivity index (χ0) is 18.9. The molecule has 4 atom stereocenters. The van der Waals surface area contributed by atoms with E-state index >= 15 is 0 Å². The summed E-state index contributed by atoms with van der Waals surface area (Å²) in [6, 6.07) is 15.0. The van der Waals surface area contributed by atoms with Gasteiger partial charge in [0.25, 0.3) is 0 Å². The standard InChI is InChI=1S/C21H24O5/c1-13-18(14-8-6-5-7-9-14)21(13,20(23)26-4)19(22)15-10-11-16(24-2)17(12-15)25-3/h5-13,18-19,22H,1-4H3/t13-,18-,19?,21-/m1/s1. The molecule has 0 radical (unpaired) electrons. The number of hydrogen-bond donors (Lipinski definition) is 1. The van der Waals surface area contributed by atoms with Crippen molar-refractivity contribution in [1.29, 1.82) is 0 Å². The van der Waals surface area contributed by atoms with E-state index in [0.717, 1.165) is 5.56 Å². The Balaban J connectivity index is 2.03. The van der Waals surface area contributed by atoms with Crippen molar-refractivity contribution in [3.63, 3.8) is 0 Å². The smallest absolute Gasteiger partial charge is 0.315 e. The second-order valence-electron chi connectivity index (χ2n) is 6.62. The van der Waals surface area contributed by atoms with E-state index in [-0.39, 0.29) is 11.8 Å². The highest BCUT2D eigenvalue weighted by molar-refractivity contribution is 5.84. The highest BCUT2D eigenvalue weighted by Gasteiger charge is 2.72. The van der Waals surface area contributed by atoms with Crippen molar-refractivity contribution in [2.75, 3.05) is 21.3 Å². The summed E-state index contributed by atoms with van der Waals surface area (Å²) in [5, 5.41) is 11.2. The van der Waals surface area contributed by atoms with Crippen LogP contribution in [0.1, 0.15) is 30.1 Å². The molecule has 138 valence electrons. The Labute approximate surface area is 153 Å². The van der Waals surface area contributed by atoms with Crippen molar-refractivity contribution in [3.05, 3.63) is 59.7 Å². The summed E-state index contributed by atoms with van der Waals surface area (Å²) < 4.78 is 15.7. The Hall–Kier alpha value is -2.53. The fourth-order valence-electron chi connectivity index (χ4n) is 4.13. The molecule has 0 heterocycles. The normalized spacial score (nSPS) is 25.3. The monoisotopic (exact) mass is 356 g/mol. The van der Waals surface area contributed by atoms with Gasteiger partial charge in [-0.1, -0.05) is 43.3 Å². The van der Waals surface area contributed by atoms with E-state index in [9.17, 15) is 9.90 Å². The van der Waals surface area contributed by atoms with Gasteiger partial charge in [0.1, 0.15) is 5.41 Å². The van der Waals surface area contributed by atoms with Gasteiger partial charge in [-0.15, -0.1) is 0 Å². The minimum Gasteiger partial charge on any atom is -0.493 e. The number of carbonyl (C=O) groups excluding carboxylic acids is 1. The highest BCUT2D eigenvalue weighted by atomic mass is 16.5. The molecule has 2 aromatic rings. The fourth-order valence-corrected chi connectivity index (χ4v) is 4.13. The van der Waals surface area contributed by atoms with Crippen LogP contribution in [0.5, 0.6) is 11.5 Å². The topological polar surface area (TPSA) is 65.0 Å². The fraction of sp³-hybridized carbons (Fsp3) is 0.381. The van der Waals surface area contributed by atoms with Crippen molar-refractivity contribution >= 4 is 5.97 Å². The number of aliphatic hydroxyl groups is 1. The van der Waals surface area contributed by atoms with Crippen LogP contribution < -0.4 is 9.47 Å². The number of aliphatic hydroxyl groups excluding tert-OH is 1. The zero-order valence-electron chi connectivity index (χ0n) is 15.4. The van der Waals surface area contributed by atoms with E-state index in [1.165, 1.54) is 14.2 Å². The Bertz CT molecular complexity index is 788. The van der Waals surface area contributed by atoms with Gasteiger partial charge in [0, 0.05) is 5.92 Å². The van der Waals surface area contributed by atoms with Crippen LogP contribution in [0.15, 0.2) is 48.5 Å². The molecule has 0 saturated heterocycles. The summed E-state index contributed by atoms with van der Waals surface area (Å²) in [6.07, 6.45) is -1.02. The number of esters is 1. The maximum atomic E-state index is 12.7. The molecule has 1 unspecified atom stereocenters. The van der Waals surface area contributed by atoms with E-state index in [0.29, 0.717) is 17.1 Å². The van der Waals surface area contributed by atoms with Crippen LogP contribution in [0, 0.1) is 11.3 Å². The summed E-state index contributed by atoms with van der Waals surface area (Å²) in [5.41, 5.74) is 0.596. The molecule has 5 nitrogen and oxygen atoms in total. The lowest BCUT2D eigenvalue weighted by Gasteiger charge is -2.23. The molecule has 0 aliphatic heterocycles. The van der Waals surface area contributed by atoms with Crippen LogP contribution in [0.25, 0.3) is 0 Å². The molecule has 1 fully saturated rings. The number of benzene rings is 2. The Morgan fingerprint density at radius 3 is 2.27 bits per heavy atom. The van der Waals surface area contributed by atoms with Crippen LogP contribution >= 0.6 is 0 Å². The van der Waals surface area contributed by atoms with Gasteiger partial charge >= 0.3 is 5.97 Å². The third-order valence-corrected chi connectivity index (χ3v) is 5.53. The maximum absolute atomic E-state index is 12.7. The number of carbonyl (C=O) groups is 1. The van der Waals surface area contributed by atoms with Crippen LogP contribution in [0.2, 0.25) is 0 Å². The zero-order valence-corrected chi connectivity index (χ0v) is 15.4. The van der Waals surface area contributed by atoms with Gasteiger partial charge < -0.3 is 19.3 Å². The summed E-state index contributed by atoms with van der Waals surface area (Å²) >= 11 is 0. The van der Waals surface area contributed by atoms with Crippen molar-refractivity contribution < 1.29 is 24.1 Å². The minimum atomic E-state index is -1.02. The first kappa shape index (κ1) is 18.3. The Morgan fingerprint density at radius 2 is 1.69 bits per heavy atom. The molecule has 1 N–H and O–H groups in total. The highest BCUT2D eigenvalue weighted by Crippen LogP contribution is 2.70. The quantitative estimate of drug-likeness (QED) is 0.804. The Morgan fingerprint density at radius 1 is 1.04 bits per heavy atom. The Kier molecular flexibility index (Phi) is 4.92. The number of methoxy groups -OCH3 is 3. The molecule has 1 aliphatic rings. The molecule has 0 spiro atoms. The van der Waals surface area contributed by atoms with Crippen molar-refractivity contribution in [1.82, 2.24) is 0 Å². The summed E-state index contributed by atoms with van der Waals surface area (Å²) in [5.74, 6) is 0.508. The van der Waals surface area contributed by atoms with E-state index < -0.39 is 17.5 Å². The molecule has 3 rings (SSSR count). The lowest BCUT2D eigenvalue weighted by Crippen LogP contribution is -2.28. The van der Waals surface area contributed by atoms with E-state index in [2.05, 4.69) is 0 Å². The predicted molar refractivity (Wildman–Crippen MR) is 97.3 cm³/mol. The van der Waals surface area contributed by atoms with E-state index in [4.69, 9.17) is 14.2 Å². The molecular weight excluding hydrogens is 332 g/mol. The molecule has 1 aliphatic carbocycles. The van der Waals surface area contributed by atoms with Crippen LogP contribution in [0.4, 0.5) is 0 Å². The molecule has 0 aromatic heterocycles. The number of hydrogen-bond acceptors (Lipinski definition) is 5. The predicted octanol–water partition coefficient (Wildman–Crippen LogP) is 3.33. The molecule has 0 amide bonds. The van der Waals surface area contributed by atoms with Gasteiger partial charge in [-0.05, 0) is 29.2 Å². The van der Waals surface area contributed by atoms with E-state index in [1.54, 1.807) is 25.3 Å². The van der Waals surface area contributed by atoms with Crippen LogP contribution in [-0.4, -0.2) is 32.4 Å². The van der Waals surface area contributed by atoms with Crippen molar-refractivity contribution in [3.8, 4) is 11.5 Å². The SMILES string of the molecule is COC(=O)[C@]1(C(O)c2ccc(OC)c(OC)c2)[C@H](C)[C@@H]1c1ccccc1. The molecular formula is C21H24O5. The van der Waals surface area contributed by atoms with Gasteiger partial charge in [-0.2, -0.15) is 0 Å². The summed E-state index contributed by atoms with van der Waals surface area (Å²) in [4.78, 5) is 12.7. The van der Waals surface area contributed by atoms with Gasteiger partial charge in [0.05, 0.1) is 27.4 Å². The molecule has 2 aromatic carbocycles. The van der Waals surface area contributed by atoms with Crippen molar-refractivity contribution in [2.24, 2.45) is 11.3 Å². The average molecular weight is 356 g/mol. The average Bonchev–Trinajstić information content (AvgIpc) is 3.32. The van der Waals surface area contributed by atoms with Crippen LogP contribution in [-0.2, 0) is 9.53 Å².